The first kappa shape index (κ1) is 22.1. The summed E-state index contributed by atoms with van der Waals surface area (Å²) in [6.07, 6.45) is 4.77. The summed E-state index contributed by atoms with van der Waals surface area (Å²) in [7, 11) is 3.10. The number of allylic oxidation sites excluding steroid dienone is 1. The highest BCUT2D eigenvalue weighted by Gasteiger charge is 2.29. The van der Waals surface area contributed by atoms with Crippen molar-refractivity contribution in [2.24, 2.45) is 0 Å². The summed E-state index contributed by atoms with van der Waals surface area (Å²) in [5, 5.41) is 5.14. The minimum atomic E-state index is -0.574. The van der Waals surface area contributed by atoms with Crippen LogP contribution in [0.2, 0.25) is 5.02 Å². The Morgan fingerprint density at radius 2 is 1.85 bits per heavy atom. The van der Waals surface area contributed by atoms with Crippen LogP contribution in [0.4, 0.5) is 0 Å². The maximum atomic E-state index is 13.4. The number of Topliss-reactive ketones (excluding diaryl/α,β-unsaturated/α-hetero) is 1. The van der Waals surface area contributed by atoms with Gasteiger partial charge in [0.25, 0.3) is 17.6 Å². The van der Waals surface area contributed by atoms with Gasteiger partial charge in [-0.3, -0.25) is 14.4 Å². The Bertz CT molecular complexity index is 1370. The summed E-state index contributed by atoms with van der Waals surface area (Å²) >= 11 is 6.36. The van der Waals surface area contributed by atoms with Gasteiger partial charge >= 0.3 is 0 Å². The van der Waals surface area contributed by atoms with Crippen molar-refractivity contribution in [3.05, 3.63) is 87.7 Å². The Morgan fingerprint density at radius 3 is 2.62 bits per heavy atom. The molecule has 8 heteroatoms. The van der Waals surface area contributed by atoms with E-state index in [2.05, 4.69) is 5.10 Å². The predicted octanol–water partition coefficient (Wildman–Crippen LogP) is 3.32. The van der Waals surface area contributed by atoms with Crippen LogP contribution in [0.25, 0.3) is 11.3 Å². The summed E-state index contributed by atoms with van der Waals surface area (Å²) in [6, 6.07) is 12.9. The Hall–Kier alpha value is -3.71. The number of rotatable bonds is 4. The Morgan fingerprint density at radius 1 is 1.06 bits per heavy atom. The van der Waals surface area contributed by atoms with Gasteiger partial charge in [0.2, 0.25) is 0 Å². The van der Waals surface area contributed by atoms with E-state index >= 15 is 0 Å². The maximum Gasteiger partial charge on any atom is 0.294 e. The highest BCUT2D eigenvalue weighted by atomic mass is 35.5. The van der Waals surface area contributed by atoms with Gasteiger partial charge in [-0.1, -0.05) is 35.9 Å². The molecule has 2 aliphatic rings. The van der Waals surface area contributed by atoms with E-state index < -0.39 is 11.7 Å². The lowest BCUT2D eigenvalue weighted by atomic mass is 9.98. The molecule has 7 nitrogen and oxygen atoms in total. The van der Waals surface area contributed by atoms with Gasteiger partial charge in [0.1, 0.15) is 0 Å². The molecule has 0 fully saturated rings. The van der Waals surface area contributed by atoms with Crippen molar-refractivity contribution in [3.8, 4) is 5.69 Å². The molecular formula is C26H23ClN4O3. The minimum Gasteiger partial charge on any atom is -0.342 e. The van der Waals surface area contributed by atoms with Crippen molar-refractivity contribution >= 4 is 34.8 Å². The first-order chi connectivity index (χ1) is 16.3. The molecule has 2 heterocycles. The molecule has 34 heavy (non-hydrogen) atoms. The van der Waals surface area contributed by atoms with Crippen molar-refractivity contribution in [1.29, 1.82) is 0 Å². The molecule has 0 radical (unpaired) electrons. The summed E-state index contributed by atoms with van der Waals surface area (Å²) in [4.78, 5) is 41.2. The lowest BCUT2D eigenvalue weighted by molar-refractivity contribution is -0.139. The monoisotopic (exact) mass is 474 g/mol. The van der Waals surface area contributed by atoms with Crippen molar-refractivity contribution in [3.63, 3.8) is 0 Å². The molecule has 0 unspecified atom stereocenters. The van der Waals surface area contributed by atoms with Gasteiger partial charge in [-0.25, -0.2) is 4.68 Å². The largest absolute Gasteiger partial charge is 0.342 e. The molecule has 0 atom stereocenters. The van der Waals surface area contributed by atoms with Crippen LogP contribution in [0, 0.1) is 0 Å². The zero-order valence-electron chi connectivity index (χ0n) is 18.9. The van der Waals surface area contributed by atoms with Crippen molar-refractivity contribution in [2.75, 3.05) is 20.6 Å². The third-order valence-electron chi connectivity index (χ3n) is 6.32. The highest BCUT2D eigenvalue weighted by molar-refractivity contribution is 6.53. The fourth-order valence-corrected chi connectivity index (χ4v) is 4.73. The highest BCUT2D eigenvalue weighted by Crippen LogP contribution is 2.31. The zero-order chi connectivity index (χ0) is 24.0. The average molecular weight is 475 g/mol. The molecule has 1 aliphatic carbocycles. The molecule has 0 saturated carbocycles. The molecule has 1 aliphatic heterocycles. The minimum absolute atomic E-state index is 0.114. The fourth-order valence-electron chi connectivity index (χ4n) is 4.51. The summed E-state index contributed by atoms with van der Waals surface area (Å²) < 4.78 is 1.85. The summed E-state index contributed by atoms with van der Waals surface area (Å²) in [6.45, 7) is 0.982. The fraction of sp³-hybridized carbons (Fsp3) is 0.231. The van der Waals surface area contributed by atoms with Crippen LogP contribution in [0.1, 0.15) is 32.7 Å². The number of para-hydroxylation sites is 1. The molecule has 172 valence electrons. The Labute approximate surface area is 202 Å². The van der Waals surface area contributed by atoms with Gasteiger partial charge in [-0.05, 0) is 41.8 Å². The SMILES string of the molecule is CN(C)C(=O)C(=O)C1=CCc2ccc(C(=O)N3CCc4c(cnn4-c4ccccc4Cl)C3)cc21. The molecule has 5 rings (SSSR count). The number of benzene rings is 2. The van der Waals surface area contributed by atoms with E-state index in [0.29, 0.717) is 47.7 Å². The molecule has 2 amide bonds. The van der Waals surface area contributed by atoms with Crippen LogP contribution in [0.15, 0.2) is 54.7 Å². The normalized spacial score (nSPS) is 14.3. The molecule has 0 spiro atoms. The molecule has 3 aromatic rings. The second-order valence-electron chi connectivity index (χ2n) is 8.68. The summed E-state index contributed by atoms with van der Waals surface area (Å²) in [5.74, 6) is -1.24. The number of hydrogen-bond donors (Lipinski definition) is 0. The number of nitrogens with zero attached hydrogens (tertiary/aromatic N) is 4. The third kappa shape index (κ3) is 3.72. The topological polar surface area (TPSA) is 75.5 Å². The molecule has 2 aromatic carbocycles. The van der Waals surface area contributed by atoms with E-state index in [1.54, 1.807) is 43.4 Å². The molecule has 0 saturated heterocycles. The number of fused-ring (bicyclic) bond motifs is 2. The lowest BCUT2D eigenvalue weighted by Crippen LogP contribution is -2.36. The van der Waals surface area contributed by atoms with Crippen LogP contribution >= 0.6 is 11.6 Å². The van der Waals surface area contributed by atoms with Crippen molar-refractivity contribution in [2.45, 2.75) is 19.4 Å². The van der Waals surface area contributed by atoms with Crippen LogP contribution in [0.5, 0.6) is 0 Å². The second-order valence-corrected chi connectivity index (χ2v) is 9.09. The van der Waals surface area contributed by atoms with Crippen molar-refractivity contribution < 1.29 is 14.4 Å². The van der Waals surface area contributed by atoms with Gasteiger partial charge < -0.3 is 9.80 Å². The van der Waals surface area contributed by atoms with E-state index in [4.69, 9.17) is 11.6 Å². The first-order valence-corrected chi connectivity index (χ1v) is 11.4. The number of aromatic nitrogens is 2. The second kappa shape index (κ2) is 8.57. The van der Waals surface area contributed by atoms with Gasteiger partial charge in [0.05, 0.1) is 22.6 Å². The van der Waals surface area contributed by atoms with E-state index in [9.17, 15) is 14.4 Å². The van der Waals surface area contributed by atoms with E-state index in [1.807, 2.05) is 35.0 Å². The first-order valence-electron chi connectivity index (χ1n) is 11.0. The van der Waals surface area contributed by atoms with Gasteiger partial charge in [-0.15, -0.1) is 0 Å². The molecule has 0 N–H and O–H groups in total. The number of carbonyl (C=O) groups is 3. The van der Waals surface area contributed by atoms with Gasteiger partial charge in [0, 0.05) is 50.3 Å². The predicted molar refractivity (Wildman–Crippen MR) is 129 cm³/mol. The number of halogens is 1. The number of carbonyl (C=O) groups excluding carboxylic acids is 3. The molecule has 1 aromatic heterocycles. The number of ketones is 1. The van der Waals surface area contributed by atoms with Crippen LogP contribution < -0.4 is 0 Å². The van der Waals surface area contributed by atoms with Crippen molar-refractivity contribution in [1.82, 2.24) is 19.6 Å². The third-order valence-corrected chi connectivity index (χ3v) is 6.64. The molecular weight excluding hydrogens is 452 g/mol. The maximum absolute atomic E-state index is 13.4. The smallest absolute Gasteiger partial charge is 0.294 e. The van der Waals surface area contributed by atoms with Gasteiger partial charge in [-0.2, -0.15) is 5.10 Å². The number of amides is 2. The quantitative estimate of drug-likeness (QED) is 0.544. The van der Waals surface area contributed by atoms with Crippen LogP contribution in [0.3, 0.4) is 0 Å². The van der Waals surface area contributed by atoms with E-state index in [0.717, 1.165) is 22.5 Å². The Balaban J connectivity index is 1.38. The van der Waals surface area contributed by atoms with Crippen LogP contribution in [-0.4, -0.2) is 57.8 Å². The standard InChI is InChI=1S/C26H23ClN4O3/c1-29(2)26(34)24(32)19-10-9-16-7-8-17(13-20(16)19)25(33)30-12-11-22-18(15-30)14-28-31(22)23-6-4-3-5-21(23)27/h3-8,10,13-14H,9,11-12,15H2,1-2H3. The van der Waals surface area contributed by atoms with Crippen LogP contribution in [-0.2, 0) is 29.0 Å². The number of likely N-dealkylation sites (N-methyl/N-ethyl adjacent to an activating group) is 1. The van der Waals surface area contributed by atoms with E-state index in [-0.39, 0.29) is 5.91 Å². The number of hydrogen-bond acceptors (Lipinski definition) is 4. The van der Waals surface area contributed by atoms with Gasteiger partial charge in [0.15, 0.2) is 0 Å². The summed E-state index contributed by atoms with van der Waals surface area (Å²) in [5.41, 5.74) is 5.31. The average Bonchev–Trinajstić information content (AvgIpc) is 3.46. The Kier molecular flexibility index (Phi) is 5.57. The molecule has 0 bridgehead atoms. The van der Waals surface area contributed by atoms with E-state index in [1.165, 1.54) is 4.90 Å². The zero-order valence-corrected chi connectivity index (χ0v) is 19.7. The lowest BCUT2D eigenvalue weighted by Gasteiger charge is -2.28.